The molecular weight excluding hydrogens is 316 g/mol. The first-order valence-corrected chi connectivity index (χ1v) is 7.07. The minimum Gasteiger partial charge on any atom is -0.493 e. The highest BCUT2D eigenvalue weighted by Gasteiger charge is 2.07. The monoisotopic (exact) mass is 330 g/mol. The molecule has 0 atom stereocenters. The van der Waals surface area contributed by atoms with Crippen molar-refractivity contribution in [2.24, 2.45) is 0 Å². The average molecular weight is 331 g/mol. The summed E-state index contributed by atoms with van der Waals surface area (Å²) in [5, 5.41) is 0.117. The van der Waals surface area contributed by atoms with Gasteiger partial charge in [0.1, 0.15) is 0 Å². The Morgan fingerprint density at radius 1 is 1.33 bits per heavy atom. The first kappa shape index (κ1) is 15.1. The van der Waals surface area contributed by atoms with Gasteiger partial charge in [-0.05, 0) is 17.7 Å². The van der Waals surface area contributed by atoms with Crippen molar-refractivity contribution in [2.75, 3.05) is 20.0 Å². The number of halogens is 1. The van der Waals surface area contributed by atoms with Crippen LogP contribution in [0.3, 0.4) is 0 Å². The van der Waals surface area contributed by atoms with Gasteiger partial charge < -0.3 is 9.47 Å². The molecule has 0 radical (unpaired) electrons. The summed E-state index contributed by atoms with van der Waals surface area (Å²) in [6.45, 7) is 1.56. The Hall–Kier alpha value is -0.940. The quantitative estimate of drug-likeness (QED) is 0.823. The number of rotatable bonds is 5. The van der Waals surface area contributed by atoms with Crippen LogP contribution in [0.5, 0.6) is 11.5 Å². The van der Waals surface area contributed by atoms with Gasteiger partial charge in [-0.15, -0.1) is 0 Å². The van der Waals surface area contributed by atoms with Gasteiger partial charge in [0, 0.05) is 17.1 Å². The Balaban J connectivity index is 2.85. The van der Waals surface area contributed by atoms with E-state index in [4.69, 9.17) is 9.47 Å². The lowest BCUT2D eigenvalue weighted by Gasteiger charge is -2.09. The molecule has 0 spiro atoms. The van der Waals surface area contributed by atoms with Gasteiger partial charge in [0.05, 0.1) is 14.2 Å². The van der Waals surface area contributed by atoms with Gasteiger partial charge in [-0.2, -0.15) is 0 Å². The van der Waals surface area contributed by atoms with E-state index in [1.54, 1.807) is 21.1 Å². The van der Waals surface area contributed by atoms with Crippen LogP contribution in [-0.4, -0.2) is 25.1 Å². The normalized spacial score (nSPS) is 10.7. The molecule has 0 aliphatic rings. The van der Waals surface area contributed by atoms with Crippen LogP contribution < -0.4 is 9.47 Å². The molecule has 18 heavy (non-hydrogen) atoms. The third kappa shape index (κ3) is 4.38. The van der Waals surface area contributed by atoms with Crippen molar-refractivity contribution < 1.29 is 14.3 Å². The first-order chi connectivity index (χ1) is 8.58. The summed E-state index contributed by atoms with van der Waals surface area (Å²) in [6, 6.07) is 3.74. The summed E-state index contributed by atoms with van der Waals surface area (Å²) in [5.41, 5.74) is 0.983. The molecule has 0 unspecified atom stereocenters. The average Bonchev–Trinajstić information content (AvgIpc) is 2.35. The first-order valence-electron chi connectivity index (χ1n) is 5.30. The van der Waals surface area contributed by atoms with E-state index in [0.717, 1.165) is 10.0 Å². The maximum atomic E-state index is 10.8. The van der Waals surface area contributed by atoms with Gasteiger partial charge >= 0.3 is 0 Å². The standard InChI is InChI=1S/C13H15BrO3S/c1-9(15)18-6-4-5-10-7-12(16-2)13(17-3)8-11(10)14/h4-5,7-8H,6H2,1-3H3. The summed E-state index contributed by atoms with van der Waals surface area (Å²) >= 11 is 4.75. The fourth-order valence-electron chi connectivity index (χ4n) is 1.34. The van der Waals surface area contributed by atoms with E-state index in [1.165, 1.54) is 11.8 Å². The van der Waals surface area contributed by atoms with Crippen molar-refractivity contribution in [1.82, 2.24) is 0 Å². The molecule has 0 fully saturated rings. The second-order valence-electron chi connectivity index (χ2n) is 3.43. The third-order valence-corrected chi connectivity index (χ3v) is 3.64. The second kappa shape index (κ2) is 7.48. The smallest absolute Gasteiger partial charge is 0.186 e. The number of hydrogen-bond acceptors (Lipinski definition) is 4. The molecule has 0 saturated carbocycles. The van der Waals surface area contributed by atoms with E-state index >= 15 is 0 Å². The Kier molecular flexibility index (Phi) is 6.29. The number of methoxy groups -OCH3 is 2. The fourth-order valence-corrected chi connectivity index (χ4v) is 2.22. The van der Waals surface area contributed by atoms with Crippen LogP contribution in [0.25, 0.3) is 6.08 Å². The van der Waals surface area contributed by atoms with Gasteiger partial charge in [-0.25, -0.2) is 0 Å². The predicted molar refractivity (Wildman–Crippen MR) is 79.4 cm³/mol. The van der Waals surface area contributed by atoms with Crippen LogP contribution in [-0.2, 0) is 4.79 Å². The van der Waals surface area contributed by atoms with Gasteiger partial charge in [0.2, 0.25) is 0 Å². The molecule has 0 aliphatic carbocycles. The van der Waals surface area contributed by atoms with Gasteiger partial charge in [-0.3, -0.25) is 4.79 Å². The maximum absolute atomic E-state index is 10.8. The van der Waals surface area contributed by atoms with Gasteiger partial charge in [0.15, 0.2) is 16.6 Å². The summed E-state index contributed by atoms with van der Waals surface area (Å²) in [5.74, 6) is 2.02. The zero-order chi connectivity index (χ0) is 13.5. The van der Waals surface area contributed by atoms with Crippen molar-refractivity contribution in [2.45, 2.75) is 6.92 Å². The molecule has 0 amide bonds. The van der Waals surface area contributed by atoms with Crippen LogP contribution in [0.15, 0.2) is 22.7 Å². The van der Waals surface area contributed by atoms with E-state index in [0.29, 0.717) is 17.3 Å². The lowest BCUT2D eigenvalue weighted by molar-refractivity contribution is -0.109. The van der Waals surface area contributed by atoms with Crippen molar-refractivity contribution in [3.05, 3.63) is 28.2 Å². The maximum Gasteiger partial charge on any atom is 0.186 e. The topological polar surface area (TPSA) is 35.5 Å². The highest BCUT2D eigenvalue weighted by molar-refractivity contribution is 9.10. The number of hydrogen-bond donors (Lipinski definition) is 0. The molecular formula is C13H15BrO3S. The van der Waals surface area contributed by atoms with Crippen LogP contribution >= 0.6 is 27.7 Å². The van der Waals surface area contributed by atoms with E-state index in [2.05, 4.69) is 15.9 Å². The molecule has 5 heteroatoms. The van der Waals surface area contributed by atoms with Crippen molar-refractivity contribution in [3.8, 4) is 11.5 Å². The largest absolute Gasteiger partial charge is 0.493 e. The van der Waals surface area contributed by atoms with Crippen LogP contribution in [0.4, 0.5) is 0 Å². The zero-order valence-corrected chi connectivity index (χ0v) is 12.9. The molecule has 0 aliphatic heterocycles. The molecule has 1 aromatic carbocycles. The molecule has 0 aromatic heterocycles. The predicted octanol–water partition coefficient (Wildman–Crippen LogP) is 3.76. The highest BCUT2D eigenvalue weighted by atomic mass is 79.9. The van der Waals surface area contributed by atoms with Crippen molar-refractivity contribution in [3.63, 3.8) is 0 Å². The van der Waals surface area contributed by atoms with E-state index in [-0.39, 0.29) is 5.12 Å². The Morgan fingerprint density at radius 3 is 2.50 bits per heavy atom. The molecule has 1 aromatic rings. The molecule has 0 saturated heterocycles. The van der Waals surface area contributed by atoms with E-state index in [9.17, 15) is 4.79 Å². The fraction of sp³-hybridized carbons (Fsp3) is 0.308. The molecule has 0 heterocycles. The Bertz CT molecular complexity index is 458. The van der Waals surface area contributed by atoms with E-state index in [1.807, 2.05) is 24.3 Å². The third-order valence-electron chi connectivity index (χ3n) is 2.18. The van der Waals surface area contributed by atoms with Crippen molar-refractivity contribution >= 4 is 38.9 Å². The summed E-state index contributed by atoms with van der Waals surface area (Å²) in [7, 11) is 3.20. The number of benzene rings is 1. The van der Waals surface area contributed by atoms with Crippen LogP contribution in [0.1, 0.15) is 12.5 Å². The minimum absolute atomic E-state index is 0.117. The van der Waals surface area contributed by atoms with E-state index < -0.39 is 0 Å². The molecule has 98 valence electrons. The van der Waals surface area contributed by atoms with Gasteiger partial charge in [-0.1, -0.05) is 39.8 Å². The number of thioether (sulfide) groups is 1. The number of carbonyl (C=O) groups is 1. The lowest BCUT2D eigenvalue weighted by Crippen LogP contribution is -1.91. The summed E-state index contributed by atoms with van der Waals surface area (Å²) in [6.07, 6.45) is 3.89. The molecule has 1 rings (SSSR count). The van der Waals surface area contributed by atoms with Crippen molar-refractivity contribution in [1.29, 1.82) is 0 Å². The molecule has 0 N–H and O–H groups in total. The lowest BCUT2D eigenvalue weighted by atomic mass is 10.2. The molecule has 3 nitrogen and oxygen atoms in total. The highest BCUT2D eigenvalue weighted by Crippen LogP contribution is 2.33. The van der Waals surface area contributed by atoms with Crippen LogP contribution in [0, 0.1) is 0 Å². The summed E-state index contributed by atoms with van der Waals surface area (Å²) < 4.78 is 11.4. The second-order valence-corrected chi connectivity index (χ2v) is 5.48. The summed E-state index contributed by atoms with van der Waals surface area (Å²) in [4.78, 5) is 10.8. The number of carbonyl (C=O) groups excluding carboxylic acids is 1. The number of ether oxygens (including phenoxy) is 2. The Morgan fingerprint density at radius 2 is 1.94 bits per heavy atom. The van der Waals surface area contributed by atoms with Crippen LogP contribution in [0.2, 0.25) is 0 Å². The van der Waals surface area contributed by atoms with Gasteiger partial charge in [0.25, 0.3) is 0 Å². The SMILES string of the molecule is COc1cc(Br)c(C=CCSC(C)=O)cc1OC. The Labute approximate surface area is 120 Å². The minimum atomic E-state index is 0.117. The molecule has 0 bridgehead atoms. The zero-order valence-electron chi connectivity index (χ0n) is 10.5.